The molecule has 0 spiro atoms. The Balaban J connectivity index is 1.27. The van der Waals surface area contributed by atoms with Crippen LogP contribution in [0, 0.1) is 5.92 Å². The molecule has 2 aliphatic rings. The van der Waals surface area contributed by atoms with Crippen LogP contribution < -0.4 is 10.1 Å². The number of carboxylic acids is 1. The molecule has 1 aromatic heterocycles. The summed E-state index contributed by atoms with van der Waals surface area (Å²) in [4.78, 5) is 23.5. The summed E-state index contributed by atoms with van der Waals surface area (Å²) in [5.74, 6) is -0.267. The van der Waals surface area contributed by atoms with Crippen LogP contribution in [0.5, 0.6) is 5.19 Å². The van der Waals surface area contributed by atoms with Gasteiger partial charge in [0.2, 0.25) is 5.13 Å². The van der Waals surface area contributed by atoms with Crippen LogP contribution in [-0.4, -0.2) is 44.5 Å². The van der Waals surface area contributed by atoms with E-state index in [2.05, 4.69) is 15.5 Å². The second kappa shape index (κ2) is 10.4. The molecule has 0 radical (unpaired) electrons. The molecule has 2 fully saturated rings. The summed E-state index contributed by atoms with van der Waals surface area (Å²) >= 11 is 1.20. The molecule has 9 heteroatoms. The highest BCUT2D eigenvalue weighted by atomic mass is 32.1. The predicted octanol–water partition coefficient (Wildman–Crippen LogP) is 4.22. The van der Waals surface area contributed by atoms with E-state index in [0.717, 1.165) is 51.4 Å². The SMILES string of the molecule is O=C(O)C[C@H]1CC[C@H](c2ccc(C(=O)Nc3nnc(OC4CCC(O)CC4)s3)cc2)CC1. The van der Waals surface area contributed by atoms with Crippen molar-refractivity contribution in [3.8, 4) is 5.19 Å². The van der Waals surface area contributed by atoms with Crippen molar-refractivity contribution in [2.75, 3.05) is 5.32 Å². The van der Waals surface area contributed by atoms with Crippen molar-refractivity contribution in [2.45, 2.75) is 75.9 Å². The van der Waals surface area contributed by atoms with E-state index in [9.17, 15) is 14.7 Å². The predicted molar refractivity (Wildman–Crippen MR) is 120 cm³/mol. The fraction of sp³-hybridized carbons (Fsp3) is 0.565. The van der Waals surface area contributed by atoms with Gasteiger partial charge in [-0.25, -0.2) is 0 Å². The van der Waals surface area contributed by atoms with Crippen LogP contribution in [0.1, 0.15) is 79.6 Å². The van der Waals surface area contributed by atoms with Crippen molar-refractivity contribution in [3.63, 3.8) is 0 Å². The standard InChI is InChI=1S/C23H29N3O5S/c27-18-9-11-19(12-10-18)31-23-26-25-22(32-23)24-21(30)17-7-5-16(6-8-17)15-3-1-14(2-4-15)13-20(28)29/h5-8,14-15,18-19,27H,1-4,9-13H2,(H,28,29)(H,24,25,30)/t14-,15-,18?,19?. The van der Waals surface area contributed by atoms with Crippen LogP contribution in [0.2, 0.25) is 0 Å². The lowest BCUT2D eigenvalue weighted by molar-refractivity contribution is -0.138. The van der Waals surface area contributed by atoms with Gasteiger partial charge in [0, 0.05) is 12.0 Å². The average molecular weight is 460 g/mol. The van der Waals surface area contributed by atoms with Crippen molar-refractivity contribution in [1.82, 2.24) is 10.2 Å². The van der Waals surface area contributed by atoms with Crippen molar-refractivity contribution >= 4 is 28.3 Å². The number of rotatable bonds is 7. The van der Waals surface area contributed by atoms with Gasteiger partial charge in [0.1, 0.15) is 6.10 Å². The number of aromatic nitrogens is 2. The van der Waals surface area contributed by atoms with Crippen LogP contribution in [0.3, 0.4) is 0 Å². The van der Waals surface area contributed by atoms with Gasteiger partial charge in [-0.1, -0.05) is 17.2 Å². The molecule has 1 heterocycles. The molecule has 8 nitrogen and oxygen atoms in total. The van der Waals surface area contributed by atoms with E-state index >= 15 is 0 Å². The Morgan fingerprint density at radius 1 is 1.00 bits per heavy atom. The summed E-state index contributed by atoms with van der Waals surface area (Å²) in [5, 5.41) is 30.1. The van der Waals surface area contributed by atoms with E-state index in [1.54, 1.807) is 0 Å². The zero-order valence-corrected chi connectivity index (χ0v) is 18.7. The van der Waals surface area contributed by atoms with Gasteiger partial charge >= 0.3 is 5.97 Å². The first-order valence-corrected chi connectivity index (χ1v) is 12.1. The second-order valence-electron chi connectivity index (χ2n) is 8.81. The Morgan fingerprint density at radius 3 is 2.34 bits per heavy atom. The number of nitrogens with zero attached hydrogens (tertiary/aromatic N) is 2. The van der Waals surface area contributed by atoms with Crippen molar-refractivity contribution in [1.29, 1.82) is 0 Å². The Hall–Kier alpha value is -2.52. The fourth-order valence-corrected chi connectivity index (χ4v) is 5.29. The van der Waals surface area contributed by atoms with E-state index in [4.69, 9.17) is 9.84 Å². The normalized spacial score (nSPS) is 25.8. The number of aliphatic hydroxyl groups excluding tert-OH is 1. The van der Waals surface area contributed by atoms with Gasteiger partial charge in [-0.3, -0.25) is 14.9 Å². The molecule has 0 aliphatic heterocycles. The smallest absolute Gasteiger partial charge is 0.303 e. The first kappa shape index (κ1) is 22.7. The minimum Gasteiger partial charge on any atom is -0.481 e. The minimum atomic E-state index is -0.716. The summed E-state index contributed by atoms with van der Waals surface area (Å²) in [6.45, 7) is 0. The Morgan fingerprint density at radius 2 is 1.69 bits per heavy atom. The number of benzene rings is 1. The van der Waals surface area contributed by atoms with Crippen LogP contribution in [0.15, 0.2) is 24.3 Å². The molecule has 3 N–H and O–H groups in total. The highest BCUT2D eigenvalue weighted by Crippen LogP contribution is 2.37. The number of nitrogens with one attached hydrogen (secondary N) is 1. The highest BCUT2D eigenvalue weighted by molar-refractivity contribution is 7.17. The highest BCUT2D eigenvalue weighted by Gasteiger charge is 2.25. The van der Waals surface area contributed by atoms with E-state index in [1.165, 1.54) is 16.9 Å². The number of anilines is 1. The summed E-state index contributed by atoms with van der Waals surface area (Å²) in [7, 11) is 0. The van der Waals surface area contributed by atoms with E-state index in [1.807, 2.05) is 24.3 Å². The number of amides is 1. The maximum atomic E-state index is 12.6. The molecular formula is C23H29N3O5S. The molecule has 1 aromatic carbocycles. The number of hydrogen-bond donors (Lipinski definition) is 3. The van der Waals surface area contributed by atoms with Gasteiger partial charge in [-0.2, -0.15) is 0 Å². The molecule has 1 amide bonds. The number of carbonyl (C=O) groups excluding carboxylic acids is 1. The number of aliphatic carboxylic acids is 1. The Bertz CT molecular complexity index is 916. The monoisotopic (exact) mass is 459 g/mol. The molecule has 0 unspecified atom stereocenters. The summed E-state index contributed by atoms with van der Waals surface area (Å²) in [6, 6.07) is 7.62. The van der Waals surface area contributed by atoms with Crippen LogP contribution >= 0.6 is 11.3 Å². The third-order valence-electron chi connectivity index (χ3n) is 6.49. The maximum absolute atomic E-state index is 12.6. The third-order valence-corrected chi connectivity index (χ3v) is 7.22. The summed E-state index contributed by atoms with van der Waals surface area (Å²) < 4.78 is 5.83. The van der Waals surface area contributed by atoms with Crippen molar-refractivity contribution < 1.29 is 24.5 Å². The van der Waals surface area contributed by atoms with Gasteiger partial charge < -0.3 is 14.9 Å². The van der Waals surface area contributed by atoms with Crippen LogP contribution in [0.25, 0.3) is 0 Å². The van der Waals surface area contributed by atoms with Crippen molar-refractivity contribution in [2.24, 2.45) is 5.92 Å². The van der Waals surface area contributed by atoms with Gasteiger partial charge in [-0.15, -0.1) is 5.10 Å². The van der Waals surface area contributed by atoms with Gasteiger partial charge in [-0.05, 0) is 92.2 Å². The summed E-state index contributed by atoms with van der Waals surface area (Å²) in [6.07, 6.45) is 6.91. The van der Waals surface area contributed by atoms with Crippen LogP contribution in [0.4, 0.5) is 5.13 Å². The fourth-order valence-electron chi connectivity index (χ4n) is 4.64. The molecular weight excluding hydrogens is 430 g/mol. The van der Waals surface area contributed by atoms with E-state index in [0.29, 0.717) is 21.8 Å². The van der Waals surface area contributed by atoms with E-state index in [-0.39, 0.29) is 30.5 Å². The number of ether oxygens (including phenoxy) is 1. The molecule has 0 bridgehead atoms. The number of carboxylic acid groups (broad SMARTS) is 1. The first-order valence-electron chi connectivity index (χ1n) is 11.3. The van der Waals surface area contributed by atoms with Crippen LogP contribution in [-0.2, 0) is 4.79 Å². The lowest BCUT2D eigenvalue weighted by Crippen LogP contribution is -2.26. The summed E-state index contributed by atoms with van der Waals surface area (Å²) in [5.41, 5.74) is 1.74. The largest absolute Gasteiger partial charge is 0.481 e. The average Bonchev–Trinajstić information content (AvgIpc) is 3.22. The third kappa shape index (κ3) is 6.04. The molecule has 4 rings (SSSR count). The number of carbonyl (C=O) groups is 2. The molecule has 2 aliphatic carbocycles. The minimum absolute atomic E-state index is 0.0293. The zero-order valence-electron chi connectivity index (χ0n) is 17.9. The zero-order chi connectivity index (χ0) is 22.5. The lowest BCUT2D eigenvalue weighted by Gasteiger charge is -2.28. The second-order valence-corrected chi connectivity index (χ2v) is 9.75. The quantitative estimate of drug-likeness (QED) is 0.567. The molecule has 2 saturated carbocycles. The molecule has 172 valence electrons. The molecule has 0 atom stereocenters. The molecule has 2 aromatic rings. The van der Waals surface area contributed by atoms with Gasteiger partial charge in [0.25, 0.3) is 11.1 Å². The van der Waals surface area contributed by atoms with Crippen molar-refractivity contribution in [3.05, 3.63) is 35.4 Å². The number of aliphatic hydroxyl groups is 1. The molecule has 32 heavy (non-hydrogen) atoms. The van der Waals surface area contributed by atoms with E-state index < -0.39 is 5.97 Å². The van der Waals surface area contributed by atoms with Gasteiger partial charge in [0.15, 0.2) is 0 Å². The maximum Gasteiger partial charge on any atom is 0.303 e. The Labute approximate surface area is 191 Å². The topological polar surface area (TPSA) is 122 Å². The lowest BCUT2D eigenvalue weighted by atomic mass is 9.77. The Kier molecular flexibility index (Phi) is 7.36. The van der Waals surface area contributed by atoms with Gasteiger partial charge in [0.05, 0.1) is 6.10 Å². The molecule has 0 saturated heterocycles. The number of hydrogen-bond acceptors (Lipinski definition) is 7. The first-order chi connectivity index (χ1) is 15.5.